The van der Waals surface area contributed by atoms with Crippen LogP contribution in [-0.4, -0.2) is 50.4 Å². The monoisotopic (exact) mass is 389 g/mol. The van der Waals surface area contributed by atoms with Crippen LogP contribution in [-0.2, 0) is 16.1 Å². The minimum absolute atomic E-state index is 0.0699. The van der Waals surface area contributed by atoms with E-state index in [0.717, 1.165) is 30.4 Å². The van der Waals surface area contributed by atoms with Gasteiger partial charge in [0.1, 0.15) is 0 Å². The second kappa shape index (κ2) is 9.61. The SMILES string of the molecule is CC(=O)c1ccccc1NC(=O)CCCSc1nnnn1CC1CCCO1. The zero-order chi connectivity index (χ0) is 19.1. The third kappa shape index (κ3) is 5.61. The highest BCUT2D eigenvalue weighted by atomic mass is 32.2. The van der Waals surface area contributed by atoms with Gasteiger partial charge in [0.25, 0.3) is 0 Å². The van der Waals surface area contributed by atoms with E-state index < -0.39 is 0 Å². The zero-order valence-corrected chi connectivity index (χ0v) is 16.1. The smallest absolute Gasteiger partial charge is 0.224 e. The normalized spacial score (nSPS) is 16.4. The number of carbonyl (C=O) groups is 2. The predicted molar refractivity (Wildman–Crippen MR) is 102 cm³/mol. The van der Waals surface area contributed by atoms with Gasteiger partial charge in [-0.25, -0.2) is 4.68 Å². The molecule has 0 aliphatic carbocycles. The lowest BCUT2D eigenvalue weighted by molar-refractivity contribution is -0.116. The quantitative estimate of drug-likeness (QED) is 0.400. The number of amides is 1. The summed E-state index contributed by atoms with van der Waals surface area (Å²) >= 11 is 1.53. The van der Waals surface area contributed by atoms with E-state index >= 15 is 0 Å². The van der Waals surface area contributed by atoms with Gasteiger partial charge in [-0.15, -0.1) is 5.10 Å². The lowest BCUT2D eigenvalue weighted by Crippen LogP contribution is -2.17. The summed E-state index contributed by atoms with van der Waals surface area (Å²) in [6.07, 6.45) is 3.35. The molecule has 8 nitrogen and oxygen atoms in total. The highest BCUT2D eigenvalue weighted by molar-refractivity contribution is 7.99. The first-order valence-electron chi connectivity index (χ1n) is 9.04. The third-order valence-corrected chi connectivity index (χ3v) is 5.30. The minimum Gasteiger partial charge on any atom is -0.376 e. The number of thioether (sulfide) groups is 1. The Hall–Kier alpha value is -2.26. The van der Waals surface area contributed by atoms with Crippen LogP contribution < -0.4 is 5.32 Å². The lowest BCUT2D eigenvalue weighted by Gasteiger charge is -2.10. The fraction of sp³-hybridized carbons (Fsp3) is 0.500. The average Bonchev–Trinajstić information content (AvgIpc) is 3.32. The number of benzene rings is 1. The molecule has 1 aromatic heterocycles. The van der Waals surface area contributed by atoms with Crippen LogP contribution in [0.3, 0.4) is 0 Å². The molecule has 2 heterocycles. The molecule has 144 valence electrons. The fourth-order valence-electron chi connectivity index (χ4n) is 2.90. The lowest BCUT2D eigenvalue weighted by atomic mass is 10.1. The largest absolute Gasteiger partial charge is 0.376 e. The van der Waals surface area contributed by atoms with E-state index in [1.807, 2.05) is 0 Å². The average molecular weight is 389 g/mol. The molecule has 1 amide bonds. The number of nitrogens with one attached hydrogen (secondary N) is 1. The van der Waals surface area contributed by atoms with Crippen LogP contribution in [0.25, 0.3) is 0 Å². The number of ketones is 1. The Morgan fingerprint density at radius 3 is 3.00 bits per heavy atom. The second-order valence-corrected chi connectivity index (χ2v) is 7.44. The van der Waals surface area contributed by atoms with E-state index in [9.17, 15) is 9.59 Å². The maximum Gasteiger partial charge on any atom is 0.224 e. The zero-order valence-electron chi connectivity index (χ0n) is 15.3. The number of rotatable bonds is 9. The highest BCUT2D eigenvalue weighted by Crippen LogP contribution is 2.20. The molecule has 9 heteroatoms. The van der Waals surface area contributed by atoms with Crippen molar-refractivity contribution in [1.29, 1.82) is 0 Å². The van der Waals surface area contributed by atoms with Crippen molar-refractivity contribution in [3.05, 3.63) is 29.8 Å². The summed E-state index contributed by atoms with van der Waals surface area (Å²) in [5, 5.41) is 15.4. The molecule has 0 spiro atoms. The Balaban J connectivity index is 1.42. The Labute approximate surface area is 162 Å². The third-order valence-electron chi connectivity index (χ3n) is 4.26. The molecule has 2 aromatic rings. The number of hydrogen-bond donors (Lipinski definition) is 1. The number of carbonyl (C=O) groups excluding carboxylic acids is 2. The second-order valence-electron chi connectivity index (χ2n) is 6.38. The Bertz CT molecular complexity index is 789. The van der Waals surface area contributed by atoms with Crippen molar-refractivity contribution in [3.63, 3.8) is 0 Å². The van der Waals surface area contributed by atoms with Crippen molar-refractivity contribution in [3.8, 4) is 0 Å². The van der Waals surface area contributed by atoms with Crippen molar-refractivity contribution in [2.75, 3.05) is 17.7 Å². The van der Waals surface area contributed by atoms with Gasteiger partial charge in [0.2, 0.25) is 11.1 Å². The Kier molecular flexibility index (Phi) is 6.94. The molecule has 1 N–H and O–H groups in total. The standard InChI is InChI=1S/C18H23N5O3S/c1-13(24)15-7-2-3-8-16(15)19-17(25)9-5-11-27-18-20-21-22-23(18)12-14-6-4-10-26-14/h2-3,7-8,14H,4-6,9-12H2,1H3,(H,19,25). The number of hydrogen-bond acceptors (Lipinski definition) is 7. The number of Topliss-reactive ketones (excluding diaryl/α,β-unsaturated/α-hetero) is 1. The van der Waals surface area contributed by atoms with E-state index in [0.29, 0.717) is 30.6 Å². The summed E-state index contributed by atoms with van der Waals surface area (Å²) in [7, 11) is 0. The van der Waals surface area contributed by atoms with E-state index in [2.05, 4.69) is 20.8 Å². The molecular weight excluding hydrogens is 366 g/mol. The van der Waals surface area contributed by atoms with Gasteiger partial charge in [-0.3, -0.25) is 9.59 Å². The van der Waals surface area contributed by atoms with Crippen molar-refractivity contribution < 1.29 is 14.3 Å². The molecule has 1 saturated heterocycles. The van der Waals surface area contributed by atoms with Gasteiger partial charge in [-0.2, -0.15) is 0 Å². The summed E-state index contributed by atoms with van der Waals surface area (Å²) in [4.78, 5) is 23.8. The van der Waals surface area contributed by atoms with Gasteiger partial charge < -0.3 is 10.1 Å². The van der Waals surface area contributed by atoms with Crippen molar-refractivity contribution in [2.24, 2.45) is 0 Å². The molecule has 1 fully saturated rings. The first-order chi connectivity index (χ1) is 13.1. The summed E-state index contributed by atoms with van der Waals surface area (Å²) in [5.41, 5.74) is 1.08. The first-order valence-corrected chi connectivity index (χ1v) is 10.0. The summed E-state index contributed by atoms with van der Waals surface area (Å²) in [5.74, 6) is 0.552. The van der Waals surface area contributed by atoms with Crippen molar-refractivity contribution in [1.82, 2.24) is 20.2 Å². The topological polar surface area (TPSA) is 99.0 Å². The summed E-state index contributed by atoms with van der Waals surface area (Å²) in [6.45, 7) is 2.96. The van der Waals surface area contributed by atoms with Gasteiger partial charge in [-0.05, 0) is 48.7 Å². The highest BCUT2D eigenvalue weighted by Gasteiger charge is 2.19. The molecule has 0 bridgehead atoms. The van der Waals surface area contributed by atoms with E-state index in [-0.39, 0.29) is 17.8 Å². The fourth-order valence-corrected chi connectivity index (χ4v) is 3.73. The summed E-state index contributed by atoms with van der Waals surface area (Å²) in [6, 6.07) is 7.03. The molecule has 1 aromatic carbocycles. The van der Waals surface area contributed by atoms with Crippen LogP contribution in [0.5, 0.6) is 0 Å². The van der Waals surface area contributed by atoms with Gasteiger partial charge in [0.05, 0.1) is 18.3 Å². The number of para-hydroxylation sites is 1. The van der Waals surface area contributed by atoms with Gasteiger partial charge in [0, 0.05) is 24.3 Å². The van der Waals surface area contributed by atoms with Crippen LogP contribution in [0, 0.1) is 0 Å². The van der Waals surface area contributed by atoms with E-state index in [1.165, 1.54) is 18.7 Å². The van der Waals surface area contributed by atoms with Crippen LogP contribution in [0.1, 0.15) is 43.0 Å². The molecule has 27 heavy (non-hydrogen) atoms. The van der Waals surface area contributed by atoms with E-state index in [1.54, 1.807) is 28.9 Å². The molecule has 0 radical (unpaired) electrons. The van der Waals surface area contributed by atoms with Gasteiger partial charge in [-0.1, -0.05) is 23.9 Å². The number of anilines is 1. The maximum atomic E-state index is 12.2. The van der Waals surface area contributed by atoms with Crippen LogP contribution in [0.2, 0.25) is 0 Å². The van der Waals surface area contributed by atoms with Crippen molar-refractivity contribution >= 4 is 29.1 Å². The maximum absolute atomic E-state index is 12.2. The molecule has 1 aliphatic rings. The first kappa shape index (κ1) is 19.5. The minimum atomic E-state index is -0.108. The Morgan fingerprint density at radius 1 is 1.37 bits per heavy atom. The molecule has 1 unspecified atom stereocenters. The molecular formula is C18H23N5O3S. The number of aromatic nitrogens is 4. The Morgan fingerprint density at radius 2 is 2.22 bits per heavy atom. The van der Waals surface area contributed by atoms with Crippen LogP contribution in [0.4, 0.5) is 5.69 Å². The molecule has 1 atom stereocenters. The predicted octanol–water partition coefficient (Wildman–Crippen LogP) is 2.57. The van der Waals surface area contributed by atoms with Crippen LogP contribution >= 0.6 is 11.8 Å². The number of ether oxygens (including phenoxy) is 1. The van der Waals surface area contributed by atoms with E-state index in [4.69, 9.17) is 4.74 Å². The summed E-state index contributed by atoms with van der Waals surface area (Å²) < 4.78 is 7.39. The molecule has 3 rings (SSSR count). The van der Waals surface area contributed by atoms with Gasteiger partial charge in [0.15, 0.2) is 5.78 Å². The van der Waals surface area contributed by atoms with Gasteiger partial charge >= 0.3 is 0 Å². The number of tetrazole rings is 1. The number of nitrogens with zero attached hydrogens (tertiary/aromatic N) is 4. The van der Waals surface area contributed by atoms with Crippen molar-refractivity contribution in [2.45, 2.75) is 50.4 Å². The van der Waals surface area contributed by atoms with Crippen LogP contribution in [0.15, 0.2) is 29.4 Å². The molecule has 1 aliphatic heterocycles. The molecule has 0 saturated carbocycles.